The summed E-state index contributed by atoms with van der Waals surface area (Å²) in [5.74, 6) is 2.18. The number of esters is 1. The van der Waals surface area contributed by atoms with Crippen LogP contribution in [-0.2, 0) is 9.53 Å². The maximum absolute atomic E-state index is 13.0. The number of nitrogens with zero attached hydrogens (tertiary/aromatic N) is 2. The first-order valence-electron chi connectivity index (χ1n) is 8.69. The Morgan fingerprint density at radius 2 is 2.13 bits per heavy atom. The van der Waals surface area contributed by atoms with Crippen molar-refractivity contribution in [3.8, 4) is 0 Å². The van der Waals surface area contributed by atoms with Crippen LogP contribution in [0.1, 0.15) is 75.5 Å². The molecule has 2 saturated carbocycles. The van der Waals surface area contributed by atoms with Gasteiger partial charge in [0.25, 0.3) is 0 Å². The number of carbonyl (C=O) groups is 1. The molecule has 2 saturated heterocycles. The molecule has 2 aliphatic heterocycles. The second-order valence-electron chi connectivity index (χ2n) is 8.31. The third-order valence-corrected chi connectivity index (χ3v) is 6.12. The standard InChI is InChI=1S/C17H25N3O2S/c1-16(2,3)22-15(21)17-7-6-10(9-18-17)8-12(17)14-19-13(20-23-14)11-4-5-11/h10-12,18H,4-9H2,1-3H3. The van der Waals surface area contributed by atoms with E-state index in [9.17, 15) is 4.79 Å². The van der Waals surface area contributed by atoms with E-state index in [2.05, 4.69) is 9.69 Å². The van der Waals surface area contributed by atoms with Crippen LogP contribution in [0.3, 0.4) is 0 Å². The number of aromatic nitrogens is 2. The topological polar surface area (TPSA) is 64.1 Å². The molecule has 0 aromatic carbocycles. The fraction of sp³-hybridized carbons (Fsp3) is 0.824. The summed E-state index contributed by atoms with van der Waals surface area (Å²) in [6.07, 6.45) is 5.37. The van der Waals surface area contributed by atoms with Crippen LogP contribution < -0.4 is 5.32 Å². The lowest BCUT2D eigenvalue weighted by Crippen LogP contribution is -2.65. The zero-order valence-corrected chi connectivity index (χ0v) is 14.9. The number of carbonyl (C=O) groups excluding carboxylic acids is 1. The Hall–Kier alpha value is -1.01. The molecule has 5 rings (SSSR count). The van der Waals surface area contributed by atoms with Crippen LogP contribution >= 0.6 is 11.5 Å². The Morgan fingerprint density at radius 1 is 1.35 bits per heavy atom. The molecule has 2 aliphatic carbocycles. The molecule has 0 radical (unpaired) electrons. The van der Waals surface area contributed by atoms with Crippen LogP contribution in [0.5, 0.6) is 0 Å². The number of nitrogens with one attached hydrogen (secondary N) is 1. The van der Waals surface area contributed by atoms with E-state index in [1.807, 2.05) is 20.8 Å². The van der Waals surface area contributed by atoms with Crippen LogP contribution in [0.25, 0.3) is 0 Å². The van der Waals surface area contributed by atoms with Crippen molar-refractivity contribution in [2.75, 3.05) is 6.54 Å². The average Bonchev–Trinajstić information content (AvgIpc) is 3.24. The summed E-state index contributed by atoms with van der Waals surface area (Å²) in [5.41, 5.74) is -1.07. The summed E-state index contributed by atoms with van der Waals surface area (Å²) in [6.45, 7) is 6.70. The van der Waals surface area contributed by atoms with Crippen LogP contribution in [0.15, 0.2) is 0 Å². The van der Waals surface area contributed by atoms with Crippen LogP contribution in [0.4, 0.5) is 0 Å². The van der Waals surface area contributed by atoms with Crippen molar-refractivity contribution in [1.29, 1.82) is 0 Å². The van der Waals surface area contributed by atoms with Gasteiger partial charge in [-0.25, -0.2) is 4.98 Å². The minimum Gasteiger partial charge on any atom is -0.459 e. The molecular weight excluding hydrogens is 310 g/mol. The molecule has 3 unspecified atom stereocenters. The molecule has 4 aliphatic rings. The molecule has 6 heteroatoms. The monoisotopic (exact) mass is 335 g/mol. The summed E-state index contributed by atoms with van der Waals surface area (Å²) < 4.78 is 10.3. The van der Waals surface area contributed by atoms with Crippen molar-refractivity contribution in [3.63, 3.8) is 0 Å². The van der Waals surface area contributed by atoms with Crippen LogP contribution in [-0.4, -0.2) is 33.0 Å². The lowest BCUT2D eigenvalue weighted by Gasteiger charge is -2.50. The van der Waals surface area contributed by atoms with Gasteiger partial charge in [-0.05, 0) is 76.9 Å². The van der Waals surface area contributed by atoms with Gasteiger partial charge >= 0.3 is 5.97 Å². The predicted molar refractivity (Wildman–Crippen MR) is 88.5 cm³/mol. The van der Waals surface area contributed by atoms with E-state index in [1.54, 1.807) is 0 Å². The molecule has 4 fully saturated rings. The van der Waals surface area contributed by atoms with Gasteiger partial charge in [0, 0.05) is 11.8 Å². The van der Waals surface area contributed by atoms with Crippen molar-refractivity contribution in [2.24, 2.45) is 5.92 Å². The van der Waals surface area contributed by atoms with E-state index >= 15 is 0 Å². The van der Waals surface area contributed by atoms with E-state index in [1.165, 1.54) is 24.4 Å². The molecule has 0 spiro atoms. The van der Waals surface area contributed by atoms with Crippen molar-refractivity contribution >= 4 is 17.5 Å². The maximum atomic E-state index is 13.0. The summed E-state index contributed by atoms with van der Waals surface area (Å²) >= 11 is 1.49. The number of ether oxygens (including phenoxy) is 1. The quantitative estimate of drug-likeness (QED) is 0.860. The van der Waals surface area contributed by atoms with Gasteiger partial charge in [0.1, 0.15) is 22.0 Å². The van der Waals surface area contributed by atoms with Crippen molar-refractivity contribution < 1.29 is 9.53 Å². The Bertz CT molecular complexity index is 610. The molecule has 126 valence electrons. The van der Waals surface area contributed by atoms with Gasteiger partial charge in [-0.3, -0.25) is 4.79 Å². The zero-order valence-electron chi connectivity index (χ0n) is 14.1. The third-order valence-electron chi connectivity index (χ3n) is 5.28. The van der Waals surface area contributed by atoms with Gasteiger partial charge < -0.3 is 10.1 Å². The molecule has 3 atom stereocenters. The van der Waals surface area contributed by atoms with Gasteiger partial charge in [0.15, 0.2) is 0 Å². The minimum absolute atomic E-state index is 0.106. The van der Waals surface area contributed by atoms with E-state index in [4.69, 9.17) is 9.72 Å². The van der Waals surface area contributed by atoms with E-state index in [0.29, 0.717) is 11.8 Å². The molecule has 23 heavy (non-hydrogen) atoms. The molecule has 1 aromatic heterocycles. The normalized spacial score (nSPS) is 33.7. The first-order valence-corrected chi connectivity index (χ1v) is 9.47. The van der Waals surface area contributed by atoms with Crippen LogP contribution in [0, 0.1) is 5.92 Å². The molecular formula is C17H25N3O2S. The molecule has 3 heterocycles. The highest BCUT2D eigenvalue weighted by Crippen LogP contribution is 2.49. The fourth-order valence-electron chi connectivity index (χ4n) is 3.88. The van der Waals surface area contributed by atoms with Gasteiger partial charge in [-0.2, -0.15) is 4.37 Å². The largest absolute Gasteiger partial charge is 0.459 e. The lowest BCUT2D eigenvalue weighted by atomic mass is 9.65. The second kappa shape index (κ2) is 5.24. The SMILES string of the molecule is CC(C)(C)OC(=O)C12CCC(CN1)CC2c1nc(C2CC2)ns1. The van der Waals surface area contributed by atoms with Gasteiger partial charge in [-0.15, -0.1) is 0 Å². The fourth-order valence-corrected chi connectivity index (χ4v) is 4.81. The minimum atomic E-state index is -0.609. The van der Waals surface area contributed by atoms with E-state index in [0.717, 1.165) is 36.6 Å². The Morgan fingerprint density at radius 3 is 2.74 bits per heavy atom. The molecule has 0 amide bonds. The van der Waals surface area contributed by atoms with Crippen molar-refractivity contribution in [1.82, 2.24) is 14.7 Å². The van der Waals surface area contributed by atoms with Gasteiger partial charge in [0.2, 0.25) is 0 Å². The summed E-state index contributed by atoms with van der Waals surface area (Å²) in [5, 5.41) is 4.54. The third kappa shape index (κ3) is 2.80. The number of hydrogen-bond donors (Lipinski definition) is 1. The molecule has 1 N–H and O–H groups in total. The first-order chi connectivity index (χ1) is 10.9. The zero-order chi connectivity index (χ0) is 16.2. The molecule has 5 nitrogen and oxygen atoms in total. The smallest absolute Gasteiger partial charge is 0.327 e. The molecule has 2 bridgehead atoms. The van der Waals surface area contributed by atoms with Gasteiger partial charge in [-0.1, -0.05) is 0 Å². The van der Waals surface area contributed by atoms with E-state index in [-0.39, 0.29) is 11.9 Å². The maximum Gasteiger partial charge on any atom is 0.327 e. The number of fused-ring (bicyclic) bond motifs is 3. The molecule has 1 aromatic rings. The Balaban J connectivity index is 1.64. The Kier molecular flexibility index (Phi) is 3.54. The average molecular weight is 335 g/mol. The highest BCUT2D eigenvalue weighted by Gasteiger charge is 2.56. The number of piperidine rings is 2. The highest BCUT2D eigenvalue weighted by molar-refractivity contribution is 7.05. The number of hydrogen-bond acceptors (Lipinski definition) is 6. The summed E-state index contributed by atoms with van der Waals surface area (Å²) in [4.78, 5) is 17.8. The van der Waals surface area contributed by atoms with E-state index < -0.39 is 11.1 Å². The second-order valence-corrected chi connectivity index (χ2v) is 9.10. The van der Waals surface area contributed by atoms with Crippen molar-refractivity contribution in [2.45, 2.75) is 75.9 Å². The summed E-state index contributed by atoms with van der Waals surface area (Å²) in [6, 6.07) is 0. The number of rotatable bonds is 3. The summed E-state index contributed by atoms with van der Waals surface area (Å²) in [7, 11) is 0. The van der Waals surface area contributed by atoms with Crippen LogP contribution in [0.2, 0.25) is 0 Å². The van der Waals surface area contributed by atoms with Gasteiger partial charge in [0.05, 0.1) is 0 Å². The first kappa shape index (κ1) is 15.5. The lowest BCUT2D eigenvalue weighted by molar-refractivity contribution is -0.169. The predicted octanol–water partition coefficient (Wildman–Crippen LogP) is 2.98. The highest BCUT2D eigenvalue weighted by atomic mass is 32.1. The Labute approximate surface area is 141 Å². The van der Waals surface area contributed by atoms with Crippen molar-refractivity contribution in [3.05, 3.63) is 10.8 Å².